The number of hydrogen-bond acceptors (Lipinski definition) is 3. The molecule has 0 bridgehead atoms. The van der Waals surface area contributed by atoms with Crippen LogP contribution in [0.1, 0.15) is 5.56 Å². The van der Waals surface area contributed by atoms with Gasteiger partial charge in [-0.1, -0.05) is 23.7 Å². The predicted octanol–water partition coefficient (Wildman–Crippen LogP) is 1.44. The van der Waals surface area contributed by atoms with Crippen LogP contribution in [0.15, 0.2) is 24.3 Å². The second-order valence-electron chi connectivity index (χ2n) is 3.83. The fourth-order valence-electron chi connectivity index (χ4n) is 1.69. The van der Waals surface area contributed by atoms with Crippen molar-refractivity contribution in [2.75, 3.05) is 19.7 Å². The molecule has 2 rings (SSSR count). The van der Waals surface area contributed by atoms with Crippen molar-refractivity contribution < 1.29 is 9.53 Å². The summed E-state index contributed by atoms with van der Waals surface area (Å²) in [7, 11) is 0. The molecule has 1 saturated heterocycles. The van der Waals surface area contributed by atoms with Crippen molar-refractivity contribution in [2.24, 2.45) is 0 Å². The van der Waals surface area contributed by atoms with Gasteiger partial charge in [0.2, 0.25) is 0 Å². The molecule has 0 aromatic heterocycles. The molecule has 0 saturated carbocycles. The van der Waals surface area contributed by atoms with Crippen LogP contribution >= 0.6 is 11.6 Å². The zero-order valence-corrected chi connectivity index (χ0v) is 9.67. The molecule has 1 aliphatic rings. The highest BCUT2D eigenvalue weighted by Gasteiger charge is 2.21. The number of hydrogen-bond donors (Lipinski definition) is 1. The molecule has 1 aromatic rings. The molecule has 1 aliphatic heterocycles. The molecular formula is C12H14ClNO2. The zero-order chi connectivity index (χ0) is 11.4. The summed E-state index contributed by atoms with van der Waals surface area (Å²) in [6, 6.07) is 7.33. The van der Waals surface area contributed by atoms with Gasteiger partial charge >= 0.3 is 0 Å². The van der Waals surface area contributed by atoms with Crippen molar-refractivity contribution in [2.45, 2.75) is 12.5 Å². The minimum Gasteiger partial charge on any atom is -0.368 e. The quantitative estimate of drug-likeness (QED) is 0.868. The first kappa shape index (κ1) is 11.6. The Morgan fingerprint density at radius 1 is 1.44 bits per heavy atom. The summed E-state index contributed by atoms with van der Waals surface area (Å²) in [6.45, 7) is 2.05. The molecule has 4 heteroatoms. The van der Waals surface area contributed by atoms with Crippen LogP contribution in [0.2, 0.25) is 5.02 Å². The number of ketones is 1. The molecule has 0 amide bonds. The average molecular weight is 240 g/mol. The number of rotatable bonds is 3. The van der Waals surface area contributed by atoms with Gasteiger partial charge in [0.1, 0.15) is 6.10 Å². The molecule has 1 heterocycles. The number of morpholine rings is 1. The van der Waals surface area contributed by atoms with Crippen LogP contribution in [0.25, 0.3) is 0 Å². The van der Waals surface area contributed by atoms with E-state index in [4.69, 9.17) is 16.3 Å². The van der Waals surface area contributed by atoms with Gasteiger partial charge in [-0.25, -0.2) is 0 Å². The Bertz CT molecular complexity index is 358. The lowest BCUT2D eigenvalue weighted by Crippen LogP contribution is -2.43. The SMILES string of the molecule is O=C(Cc1ccc(Cl)cc1)C1CNCCO1. The highest BCUT2D eigenvalue weighted by molar-refractivity contribution is 6.30. The smallest absolute Gasteiger partial charge is 0.167 e. The first-order valence-electron chi connectivity index (χ1n) is 5.35. The Balaban J connectivity index is 1.93. The molecule has 1 aromatic carbocycles. The van der Waals surface area contributed by atoms with Crippen molar-refractivity contribution in [3.05, 3.63) is 34.9 Å². The Morgan fingerprint density at radius 2 is 2.19 bits per heavy atom. The van der Waals surface area contributed by atoms with Crippen LogP contribution in [0.5, 0.6) is 0 Å². The van der Waals surface area contributed by atoms with Crippen molar-refractivity contribution in [1.29, 1.82) is 0 Å². The van der Waals surface area contributed by atoms with Gasteiger partial charge in [0, 0.05) is 24.5 Å². The number of Topliss-reactive ketones (excluding diaryl/α,β-unsaturated/α-hetero) is 1. The van der Waals surface area contributed by atoms with Crippen LogP contribution in [0.4, 0.5) is 0 Å². The van der Waals surface area contributed by atoms with E-state index in [1.165, 1.54) is 0 Å². The summed E-state index contributed by atoms with van der Waals surface area (Å²) in [4.78, 5) is 11.9. The van der Waals surface area contributed by atoms with Gasteiger partial charge in [-0.2, -0.15) is 0 Å². The standard InChI is InChI=1S/C12H14ClNO2/c13-10-3-1-9(2-4-10)7-11(15)12-8-14-5-6-16-12/h1-4,12,14H,5-8H2. The number of nitrogens with one attached hydrogen (secondary N) is 1. The molecule has 1 fully saturated rings. The Morgan fingerprint density at radius 3 is 2.81 bits per heavy atom. The molecule has 1 N–H and O–H groups in total. The number of benzene rings is 1. The largest absolute Gasteiger partial charge is 0.368 e. The van der Waals surface area contributed by atoms with Crippen molar-refractivity contribution in [3.8, 4) is 0 Å². The third-order valence-electron chi connectivity index (χ3n) is 2.58. The van der Waals surface area contributed by atoms with E-state index in [0.29, 0.717) is 24.6 Å². The summed E-state index contributed by atoms with van der Waals surface area (Å²) in [5, 5.41) is 3.83. The minimum absolute atomic E-state index is 0.120. The topological polar surface area (TPSA) is 38.3 Å². The number of halogens is 1. The molecule has 0 spiro atoms. The van der Waals surface area contributed by atoms with Crippen molar-refractivity contribution >= 4 is 17.4 Å². The van der Waals surface area contributed by atoms with E-state index < -0.39 is 0 Å². The Labute approximate surface area is 99.7 Å². The first-order chi connectivity index (χ1) is 7.75. The maximum absolute atomic E-state index is 11.9. The van der Waals surface area contributed by atoms with Gasteiger partial charge < -0.3 is 10.1 Å². The highest BCUT2D eigenvalue weighted by Crippen LogP contribution is 2.11. The molecule has 1 unspecified atom stereocenters. The minimum atomic E-state index is -0.301. The van der Waals surface area contributed by atoms with E-state index in [-0.39, 0.29) is 11.9 Å². The van der Waals surface area contributed by atoms with E-state index >= 15 is 0 Å². The fourth-order valence-corrected chi connectivity index (χ4v) is 1.82. The predicted molar refractivity (Wildman–Crippen MR) is 62.8 cm³/mol. The Hall–Kier alpha value is -0.900. The highest BCUT2D eigenvalue weighted by atomic mass is 35.5. The number of ether oxygens (including phenoxy) is 1. The molecule has 3 nitrogen and oxygen atoms in total. The maximum atomic E-state index is 11.9. The van der Waals surface area contributed by atoms with Gasteiger partial charge in [0.25, 0.3) is 0 Å². The van der Waals surface area contributed by atoms with Gasteiger partial charge in [0.15, 0.2) is 5.78 Å². The average Bonchev–Trinajstić information content (AvgIpc) is 2.33. The summed E-state index contributed by atoms with van der Waals surface area (Å²) < 4.78 is 5.40. The summed E-state index contributed by atoms with van der Waals surface area (Å²) in [6.07, 6.45) is 0.105. The second-order valence-corrected chi connectivity index (χ2v) is 4.27. The normalized spacial score (nSPS) is 20.7. The molecule has 16 heavy (non-hydrogen) atoms. The molecule has 86 valence electrons. The van der Waals surface area contributed by atoms with Crippen molar-refractivity contribution in [1.82, 2.24) is 5.32 Å². The maximum Gasteiger partial charge on any atom is 0.167 e. The second kappa shape index (κ2) is 5.43. The summed E-state index contributed by atoms with van der Waals surface area (Å²) >= 11 is 5.78. The molecular weight excluding hydrogens is 226 g/mol. The first-order valence-corrected chi connectivity index (χ1v) is 5.73. The Kier molecular flexibility index (Phi) is 3.93. The number of carbonyl (C=O) groups is 1. The van der Waals surface area contributed by atoms with Crippen LogP contribution in [0, 0.1) is 0 Å². The fraction of sp³-hybridized carbons (Fsp3) is 0.417. The lowest BCUT2D eigenvalue weighted by atomic mass is 10.0. The molecule has 1 atom stereocenters. The van der Waals surface area contributed by atoms with Crippen LogP contribution in [0.3, 0.4) is 0 Å². The summed E-state index contributed by atoms with van der Waals surface area (Å²) in [5.74, 6) is 0.120. The number of carbonyl (C=O) groups excluding carboxylic acids is 1. The third kappa shape index (κ3) is 3.04. The molecule has 0 radical (unpaired) electrons. The zero-order valence-electron chi connectivity index (χ0n) is 8.91. The van der Waals surface area contributed by atoms with Gasteiger partial charge in [-0.3, -0.25) is 4.79 Å². The lowest BCUT2D eigenvalue weighted by molar-refractivity contribution is -0.131. The third-order valence-corrected chi connectivity index (χ3v) is 2.83. The monoisotopic (exact) mass is 239 g/mol. The van der Waals surface area contributed by atoms with E-state index in [0.717, 1.165) is 12.1 Å². The van der Waals surface area contributed by atoms with E-state index in [1.54, 1.807) is 12.1 Å². The van der Waals surface area contributed by atoms with Crippen LogP contribution in [-0.2, 0) is 16.0 Å². The molecule has 0 aliphatic carbocycles. The van der Waals surface area contributed by atoms with E-state index in [9.17, 15) is 4.79 Å². The van der Waals surface area contributed by atoms with Gasteiger partial charge in [-0.15, -0.1) is 0 Å². The van der Waals surface area contributed by atoms with Crippen LogP contribution < -0.4 is 5.32 Å². The van der Waals surface area contributed by atoms with Crippen LogP contribution in [-0.4, -0.2) is 31.6 Å². The lowest BCUT2D eigenvalue weighted by Gasteiger charge is -2.22. The van der Waals surface area contributed by atoms with E-state index in [2.05, 4.69) is 5.32 Å². The van der Waals surface area contributed by atoms with E-state index in [1.807, 2.05) is 12.1 Å². The summed E-state index contributed by atoms with van der Waals surface area (Å²) in [5.41, 5.74) is 0.976. The van der Waals surface area contributed by atoms with Gasteiger partial charge in [0.05, 0.1) is 6.61 Å². The van der Waals surface area contributed by atoms with Gasteiger partial charge in [-0.05, 0) is 17.7 Å². The van der Waals surface area contributed by atoms with Crippen molar-refractivity contribution in [3.63, 3.8) is 0 Å².